The lowest BCUT2D eigenvalue weighted by molar-refractivity contribution is -0.161. The summed E-state index contributed by atoms with van der Waals surface area (Å²) in [4.78, 5) is 72.4. The highest BCUT2D eigenvalue weighted by molar-refractivity contribution is 7.47. The smallest absolute Gasteiger partial charge is 0.462 e. The van der Waals surface area contributed by atoms with E-state index in [1.54, 1.807) is 0 Å². The van der Waals surface area contributed by atoms with Gasteiger partial charge in [0, 0.05) is 25.7 Å². The lowest BCUT2D eigenvalue weighted by Gasteiger charge is -2.21. The van der Waals surface area contributed by atoms with Crippen molar-refractivity contribution >= 4 is 39.5 Å². The highest BCUT2D eigenvalue weighted by atomic mass is 31.2. The minimum Gasteiger partial charge on any atom is -0.462 e. The molecular formula is C67H130O17P2. The van der Waals surface area contributed by atoms with E-state index in [1.165, 1.54) is 122 Å². The van der Waals surface area contributed by atoms with Gasteiger partial charge in [-0.25, -0.2) is 9.13 Å². The molecule has 0 aliphatic carbocycles. The molecule has 0 aliphatic rings. The van der Waals surface area contributed by atoms with Crippen molar-refractivity contribution < 1.29 is 80.2 Å². The maximum Gasteiger partial charge on any atom is 0.472 e. The average molecular weight is 1270 g/mol. The third-order valence-electron chi connectivity index (χ3n) is 16.0. The standard InChI is InChI=1S/C67H130O17P2/c1-9-59(7)45-37-29-21-15-11-12-16-22-31-39-47-64(69)77-53-62(83-66(71)49-41-33-23-17-13-14-19-27-35-43-57(3)4)55-81-85(73,74)79-51-61(68)52-80-86(75,76)82-56-63(84-67(72)50-42-34-24-18-20-28-36-44-58(5)6)54-78-65(70)48-40-32-26-25-30-38-46-60(8)10-2/h57-63,68H,9-56H2,1-8H3,(H,73,74)(H,75,76)/t59?,60?,61-,62-,63-/m1/s1. The van der Waals surface area contributed by atoms with Crippen molar-refractivity contribution in [1.82, 2.24) is 0 Å². The molecule has 0 aromatic rings. The number of aliphatic hydroxyl groups is 1. The van der Waals surface area contributed by atoms with E-state index in [-0.39, 0.29) is 25.7 Å². The van der Waals surface area contributed by atoms with Gasteiger partial charge in [0.1, 0.15) is 19.3 Å². The van der Waals surface area contributed by atoms with Crippen molar-refractivity contribution in [2.24, 2.45) is 23.7 Å². The molecule has 0 amide bonds. The normalized spacial score (nSPS) is 15.0. The Labute approximate surface area is 524 Å². The lowest BCUT2D eigenvalue weighted by atomic mass is 9.99. The molecule has 0 saturated heterocycles. The van der Waals surface area contributed by atoms with Crippen LogP contribution in [0.3, 0.4) is 0 Å². The highest BCUT2D eigenvalue weighted by Crippen LogP contribution is 2.45. The lowest BCUT2D eigenvalue weighted by Crippen LogP contribution is -2.30. The summed E-state index contributed by atoms with van der Waals surface area (Å²) >= 11 is 0. The molecule has 0 heterocycles. The van der Waals surface area contributed by atoms with E-state index in [4.69, 9.17) is 37.0 Å². The van der Waals surface area contributed by atoms with Crippen LogP contribution in [0.5, 0.6) is 0 Å². The van der Waals surface area contributed by atoms with Crippen LogP contribution in [-0.4, -0.2) is 96.7 Å². The fourth-order valence-electron chi connectivity index (χ4n) is 9.89. The van der Waals surface area contributed by atoms with Gasteiger partial charge < -0.3 is 33.8 Å². The summed E-state index contributed by atoms with van der Waals surface area (Å²) in [7, 11) is -9.90. The summed E-state index contributed by atoms with van der Waals surface area (Å²) in [6.07, 6.45) is 37.6. The Morgan fingerprint density at radius 2 is 0.558 bits per heavy atom. The molecule has 0 spiro atoms. The van der Waals surface area contributed by atoms with Crippen LogP contribution in [0, 0.1) is 23.7 Å². The number of hydrogen-bond donors (Lipinski definition) is 3. The highest BCUT2D eigenvalue weighted by Gasteiger charge is 2.30. The number of ether oxygens (including phenoxy) is 4. The Morgan fingerprint density at radius 1 is 0.326 bits per heavy atom. The summed E-state index contributed by atoms with van der Waals surface area (Å²) in [5, 5.41) is 10.6. The van der Waals surface area contributed by atoms with E-state index in [9.17, 15) is 43.2 Å². The summed E-state index contributed by atoms with van der Waals surface area (Å²) in [6.45, 7) is 14.0. The molecule has 0 aromatic heterocycles. The maximum absolute atomic E-state index is 13.0. The molecule has 0 fully saturated rings. The van der Waals surface area contributed by atoms with Gasteiger partial charge in [-0.15, -0.1) is 0 Å². The average Bonchev–Trinajstić information content (AvgIpc) is 3.52. The largest absolute Gasteiger partial charge is 0.472 e. The molecule has 0 rings (SSSR count). The van der Waals surface area contributed by atoms with Gasteiger partial charge in [0.05, 0.1) is 26.4 Å². The molecule has 510 valence electrons. The summed E-state index contributed by atoms with van der Waals surface area (Å²) < 4.78 is 68.1. The van der Waals surface area contributed by atoms with E-state index < -0.39 is 97.5 Å². The minimum absolute atomic E-state index is 0.102. The number of phosphoric acid groups is 2. The number of carbonyl (C=O) groups is 4. The van der Waals surface area contributed by atoms with Crippen LogP contribution >= 0.6 is 15.6 Å². The predicted octanol–water partition coefficient (Wildman–Crippen LogP) is 18.5. The van der Waals surface area contributed by atoms with Gasteiger partial charge in [0.15, 0.2) is 12.2 Å². The number of esters is 4. The van der Waals surface area contributed by atoms with Gasteiger partial charge in [-0.2, -0.15) is 0 Å². The molecule has 7 atom stereocenters. The Hall–Kier alpha value is -1.94. The van der Waals surface area contributed by atoms with Gasteiger partial charge in [-0.3, -0.25) is 37.3 Å². The Balaban J connectivity index is 5.26. The van der Waals surface area contributed by atoms with Crippen molar-refractivity contribution in [2.45, 2.75) is 343 Å². The molecule has 17 nitrogen and oxygen atoms in total. The minimum atomic E-state index is -4.95. The molecule has 0 aromatic carbocycles. The van der Waals surface area contributed by atoms with Gasteiger partial charge in [0.25, 0.3) is 0 Å². The van der Waals surface area contributed by atoms with Crippen LogP contribution in [0.1, 0.15) is 325 Å². The number of rotatable bonds is 64. The topological polar surface area (TPSA) is 237 Å². The summed E-state index contributed by atoms with van der Waals surface area (Å²) in [6, 6.07) is 0. The molecule has 86 heavy (non-hydrogen) atoms. The van der Waals surface area contributed by atoms with E-state index in [0.29, 0.717) is 31.6 Å². The van der Waals surface area contributed by atoms with Crippen molar-refractivity contribution in [1.29, 1.82) is 0 Å². The number of aliphatic hydroxyl groups excluding tert-OH is 1. The SMILES string of the molecule is CCC(C)CCCCCCCCCCCCC(=O)OC[C@H](COP(=O)(O)OC[C@@H](O)COP(=O)(O)OC[C@@H](COC(=O)CCCCCCCCC(C)CC)OC(=O)CCCCCCCCCC(C)C)OC(=O)CCCCCCCCCCCC(C)C. The molecule has 4 unspecified atom stereocenters. The van der Waals surface area contributed by atoms with Crippen molar-refractivity contribution in [3.8, 4) is 0 Å². The maximum atomic E-state index is 13.0. The van der Waals surface area contributed by atoms with E-state index in [0.717, 1.165) is 114 Å². The van der Waals surface area contributed by atoms with Crippen LogP contribution in [0.2, 0.25) is 0 Å². The first-order valence-electron chi connectivity index (χ1n) is 34.8. The van der Waals surface area contributed by atoms with Crippen LogP contribution in [-0.2, 0) is 65.4 Å². The van der Waals surface area contributed by atoms with Crippen LogP contribution in [0.4, 0.5) is 0 Å². The third-order valence-corrected chi connectivity index (χ3v) is 17.9. The van der Waals surface area contributed by atoms with E-state index in [1.807, 2.05) is 0 Å². The van der Waals surface area contributed by atoms with Crippen molar-refractivity contribution in [2.75, 3.05) is 39.6 Å². The molecular weight excluding hydrogens is 1140 g/mol. The second-order valence-electron chi connectivity index (χ2n) is 25.6. The first-order valence-corrected chi connectivity index (χ1v) is 37.8. The molecule has 19 heteroatoms. The molecule has 0 bridgehead atoms. The molecule has 3 N–H and O–H groups in total. The van der Waals surface area contributed by atoms with Crippen LogP contribution in [0.25, 0.3) is 0 Å². The fourth-order valence-corrected chi connectivity index (χ4v) is 11.5. The molecule has 0 aliphatic heterocycles. The zero-order valence-electron chi connectivity index (χ0n) is 55.9. The summed E-state index contributed by atoms with van der Waals surface area (Å²) in [5.74, 6) is 0.836. The second kappa shape index (κ2) is 57.0. The first kappa shape index (κ1) is 84.1. The zero-order valence-corrected chi connectivity index (χ0v) is 57.7. The Morgan fingerprint density at radius 3 is 0.826 bits per heavy atom. The first-order chi connectivity index (χ1) is 41.2. The van der Waals surface area contributed by atoms with E-state index in [2.05, 4.69) is 55.4 Å². The number of carbonyl (C=O) groups excluding carboxylic acids is 4. The van der Waals surface area contributed by atoms with Gasteiger partial charge >= 0.3 is 39.5 Å². The zero-order chi connectivity index (χ0) is 63.9. The Kier molecular flexibility index (Phi) is 55.7. The number of phosphoric ester groups is 2. The quantitative estimate of drug-likeness (QED) is 0.0222. The van der Waals surface area contributed by atoms with Gasteiger partial charge in [-0.1, -0.05) is 274 Å². The summed E-state index contributed by atoms with van der Waals surface area (Å²) in [5.41, 5.74) is 0. The van der Waals surface area contributed by atoms with Gasteiger partial charge in [-0.05, 0) is 49.4 Å². The van der Waals surface area contributed by atoms with Gasteiger partial charge in [0.2, 0.25) is 0 Å². The predicted molar refractivity (Wildman–Crippen MR) is 344 cm³/mol. The fraction of sp³-hybridized carbons (Fsp3) is 0.940. The van der Waals surface area contributed by atoms with Crippen LogP contribution in [0.15, 0.2) is 0 Å². The van der Waals surface area contributed by atoms with Crippen molar-refractivity contribution in [3.63, 3.8) is 0 Å². The van der Waals surface area contributed by atoms with E-state index >= 15 is 0 Å². The number of unbranched alkanes of at least 4 members (excludes halogenated alkanes) is 28. The van der Waals surface area contributed by atoms with Crippen molar-refractivity contribution in [3.05, 3.63) is 0 Å². The number of hydrogen-bond acceptors (Lipinski definition) is 15. The second-order valence-corrected chi connectivity index (χ2v) is 28.6. The third kappa shape index (κ3) is 58.4. The molecule has 0 saturated carbocycles. The monoisotopic (exact) mass is 1270 g/mol. The van der Waals surface area contributed by atoms with Crippen LogP contribution < -0.4 is 0 Å². The molecule has 0 radical (unpaired) electrons. The Bertz CT molecular complexity index is 1720.